The van der Waals surface area contributed by atoms with Crippen molar-refractivity contribution >= 4 is 5.97 Å². The molecular formula is C16H21F2NO7. The minimum absolute atomic E-state index is 0.0430. The lowest BCUT2D eigenvalue weighted by Crippen LogP contribution is -2.59. The normalized spacial score (nSPS) is 30.7. The predicted octanol–water partition coefficient (Wildman–Crippen LogP) is -0.681. The minimum atomic E-state index is -4.03. The Labute approximate surface area is 148 Å². The Hall–Kier alpha value is -1.69. The molecule has 2 rings (SSSR count). The van der Waals surface area contributed by atoms with Crippen LogP contribution in [0.3, 0.4) is 0 Å². The molecule has 1 aliphatic heterocycles. The number of ether oxygens (including phenoxy) is 3. The van der Waals surface area contributed by atoms with Crippen LogP contribution in [0.4, 0.5) is 8.78 Å². The van der Waals surface area contributed by atoms with E-state index < -0.39 is 55.2 Å². The van der Waals surface area contributed by atoms with Crippen LogP contribution in [-0.4, -0.2) is 71.6 Å². The van der Waals surface area contributed by atoms with Gasteiger partial charge in [-0.15, -0.1) is 0 Å². The van der Waals surface area contributed by atoms with Crippen LogP contribution >= 0.6 is 0 Å². The average molecular weight is 377 g/mol. The summed E-state index contributed by atoms with van der Waals surface area (Å²) < 4.78 is 42.8. The maximum atomic E-state index is 14.2. The van der Waals surface area contributed by atoms with Crippen LogP contribution in [0.2, 0.25) is 0 Å². The van der Waals surface area contributed by atoms with Crippen LogP contribution in [0.25, 0.3) is 0 Å². The first kappa shape index (κ1) is 20.6. The molecule has 6 atom stereocenters. The summed E-state index contributed by atoms with van der Waals surface area (Å²) in [7, 11) is 1.18. The SMILES string of the molecule is CO[C@H]1O[C@H](COC(=O)C(F)(F)[C@@H](N)c2ccccc2)[C@H](O)[C@H](O)[C@H]1O. The van der Waals surface area contributed by atoms with Crippen LogP contribution in [0.15, 0.2) is 30.3 Å². The van der Waals surface area contributed by atoms with Crippen molar-refractivity contribution in [3.05, 3.63) is 35.9 Å². The number of alkyl halides is 2. The van der Waals surface area contributed by atoms with Crippen LogP contribution in [0.5, 0.6) is 0 Å². The molecule has 0 amide bonds. The summed E-state index contributed by atoms with van der Waals surface area (Å²) in [5.74, 6) is -5.93. The molecule has 0 aromatic heterocycles. The van der Waals surface area contributed by atoms with Crippen molar-refractivity contribution in [3.8, 4) is 0 Å². The van der Waals surface area contributed by atoms with Gasteiger partial charge in [0.2, 0.25) is 0 Å². The first-order chi connectivity index (χ1) is 12.2. The van der Waals surface area contributed by atoms with E-state index in [1.54, 1.807) is 6.07 Å². The van der Waals surface area contributed by atoms with Gasteiger partial charge >= 0.3 is 11.9 Å². The third kappa shape index (κ3) is 4.17. The lowest BCUT2D eigenvalue weighted by atomic mass is 9.99. The molecule has 1 saturated heterocycles. The van der Waals surface area contributed by atoms with Gasteiger partial charge in [0.25, 0.3) is 0 Å². The number of hydrogen-bond donors (Lipinski definition) is 4. The molecule has 0 saturated carbocycles. The van der Waals surface area contributed by atoms with Crippen LogP contribution < -0.4 is 5.73 Å². The van der Waals surface area contributed by atoms with E-state index in [1.807, 2.05) is 0 Å². The molecular weight excluding hydrogens is 356 g/mol. The van der Waals surface area contributed by atoms with Gasteiger partial charge in [-0.1, -0.05) is 30.3 Å². The van der Waals surface area contributed by atoms with E-state index in [4.69, 9.17) is 15.2 Å². The first-order valence-electron chi connectivity index (χ1n) is 7.78. The Bertz CT molecular complexity index is 602. The van der Waals surface area contributed by atoms with Crippen LogP contribution in [0.1, 0.15) is 11.6 Å². The highest BCUT2D eigenvalue weighted by Crippen LogP contribution is 2.31. The molecule has 0 radical (unpaired) electrons. The van der Waals surface area contributed by atoms with Crippen molar-refractivity contribution in [2.24, 2.45) is 5.73 Å². The lowest BCUT2D eigenvalue weighted by molar-refractivity contribution is -0.296. The number of aliphatic hydroxyl groups is 3. The number of carbonyl (C=O) groups is 1. The Morgan fingerprint density at radius 1 is 1.23 bits per heavy atom. The van der Waals surface area contributed by atoms with E-state index in [-0.39, 0.29) is 5.56 Å². The molecule has 1 aromatic rings. The van der Waals surface area contributed by atoms with E-state index in [0.717, 1.165) is 0 Å². The van der Waals surface area contributed by atoms with E-state index in [9.17, 15) is 28.9 Å². The second-order valence-corrected chi connectivity index (χ2v) is 5.86. The summed E-state index contributed by atoms with van der Waals surface area (Å²) in [4.78, 5) is 11.8. The second-order valence-electron chi connectivity index (χ2n) is 5.86. The number of halogens is 2. The van der Waals surface area contributed by atoms with Gasteiger partial charge in [0.1, 0.15) is 37.1 Å². The van der Waals surface area contributed by atoms with Gasteiger partial charge in [-0.2, -0.15) is 8.78 Å². The zero-order valence-corrected chi connectivity index (χ0v) is 13.9. The zero-order chi connectivity index (χ0) is 19.5. The van der Waals surface area contributed by atoms with Gasteiger partial charge in [-0.3, -0.25) is 0 Å². The molecule has 1 heterocycles. The van der Waals surface area contributed by atoms with Crippen molar-refractivity contribution in [3.63, 3.8) is 0 Å². The monoisotopic (exact) mass is 377 g/mol. The molecule has 5 N–H and O–H groups in total. The highest BCUT2D eigenvalue weighted by atomic mass is 19.3. The number of carbonyl (C=O) groups excluding carboxylic acids is 1. The highest BCUT2D eigenvalue weighted by molar-refractivity contribution is 5.78. The van der Waals surface area contributed by atoms with E-state index in [1.165, 1.54) is 31.4 Å². The Kier molecular flexibility index (Phi) is 6.61. The molecule has 1 aromatic carbocycles. The number of methoxy groups -OCH3 is 1. The molecule has 0 bridgehead atoms. The van der Waals surface area contributed by atoms with E-state index in [0.29, 0.717) is 0 Å². The highest BCUT2D eigenvalue weighted by Gasteiger charge is 2.49. The molecule has 0 unspecified atom stereocenters. The Morgan fingerprint density at radius 3 is 2.42 bits per heavy atom. The molecule has 1 aliphatic rings. The predicted molar refractivity (Wildman–Crippen MR) is 83.0 cm³/mol. The molecule has 0 aliphatic carbocycles. The lowest BCUT2D eigenvalue weighted by Gasteiger charge is -2.39. The number of aliphatic hydroxyl groups excluding tert-OH is 3. The number of esters is 1. The van der Waals surface area contributed by atoms with Crippen molar-refractivity contribution in [1.29, 1.82) is 0 Å². The van der Waals surface area contributed by atoms with Gasteiger partial charge in [-0.25, -0.2) is 4.79 Å². The fourth-order valence-electron chi connectivity index (χ4n) is 2.50. The van der Waals surface area contributed by atoms with Gasteiger partial charge in [0.05, 0.1) is 0 Å². The van der Waals surface area contributed by atoms with Crippen molar-refractivity contribution in [2.45, 2.75) is 42.7 Å². The maximum Gasteiger partial charge on any atom is 0.379 e. The fourth-order valence-corrected chi connectivity index (χ4v) is 2.50. The molecule has 26 heavy (non-hydrogen) atoms. The molecule has 146 valence electrons. The number of benzene rings is 1. The summed E-state index contributed by atoms with van der Waals surface area (Å²) in [6.45, 7) is -0.791. The molecule has 8 nitrogen and oxygen atoms in total. The second kappa shape index (κ2) is 8.33. The van der Waals surface area contributed by atoms with E-state index in [2.05, 4.69) is 4.74 Å². The summed E-state index contributed by atoms with van der Waals surface area (Å²) in [6.07, 6.45) is -7.56. The largest absolute Gasteiger partial charge is 0.458 e. The summed E-state index contributed by atoms with van der Waals surface area (Å²) >= 11 is 0. The Morgan fingerprint density at radius 2 is 1.85 bits per heavy atom. The number of rotatable bonds is 6. The number of nitrogens with two attached hydrogens (primary N) is 1. The topological polar surface area (TPSA) is 131 Å². The van der Waals surface area contributed by atoms with Gasteiger partial charge in [0, 0.05) is 7.11 Å². The number of hydrogen-bond acceptors (Lipinski definition) is 8. The summed E-state index contributed by atoms with van der Waals surface area (Å²) in [6, 6.07) is 5.38. The van der Waals surface area contributed by atoms with Crippen molar-refractivity contribution in [1.82, 2.24) is 0 Å². The quantitative estimate of drug-likeness (QED) is 0.480. The minimum Gasteiger partial charge on any atom is -0.458 e. The third-order valence-electron chi connectivity index (χ3n) is 4.10. The summed E-state index contributed by atoms with van der Waals surface area (Å²) in [5, 5.41) is 29.2. The van der Waals surface area contributed by atoms with Crippen LogP contribution in [0, 0.1) is 0 Å². The first-order valence-corrected chi connectivity index (χ1v) is 7.78. The zero-order valence-electron chi connectivity index (χ0n) is 13.9. The van der Waals surface area contributed by atoms with Crippen LogP contribution in [-0.2, 0) is 19.0 Å². The molecule has 0 spiro atoms. The summed E-state index contributed by atoms with van der Waals surface area (Å²) in [5.41, 5.74) is 5.51. The molecule has 10 heteroatoms. The van der Waals surface area contributed by atoms with E-state index >= 15 is 0 Å². The van der Waals surface area contributed by atoms with Gasteiger partial charge in [0.15, 0.2) is 6.29 Å². The average Bonchev–Trinajstić information content (AvgIpc) is 2.65. The Balaban J connectivity index is 2.00. The van der Waals surface area contributed by atoms with Gasteiger partial charge in [-0.05, 0) is 5.56 Å². The fraction of sp³-hybridized carbons (Fsp3) is 0.562. The third-order valence-corrected chi connectivity index (χ3v) is 4.10. The van der Waals surface area contributed by atoms with Crippen molar-refractivity contribution < 1.29 is 43.1 Å². The molecule has 1 fully saturated rings. The van der Waals surface area contributed by atoms with Gasteiger partial charge < -0.3 is 35.3 Å². The standard InChI is InChI=1S/C16H21F2NO7/c1-24-14-12(22)11(21)10(20)9(26-14)7-25-15(23)16(17,18)13(19)8-5-3-2-4-6-8/h2-6,9-14,20-22H,7,19H2,1H3/t9-,10+,11+,12-,13+,14+/m1/s1. The smallest absolute Gasteiger partial charge is 0.379 e. The van der Waals surface area contributed by atoms with Crippen molar-refractivity contribution in [2.75, 3.05) is 13.7 Å². The maximum absolute atomic E-state index is 14.2.